The normalized spacial score (nSPS) is 17.1. The minimum atomic E-state index is 0.240. The standard InChI is InChI=1S/C11H15N5/c1-3-9-8-10(14-11(12)13-9)16-6-4-15(2)5-7-16/h1,8H,4-7H2,2H3,(H2,12,13,14). The minimum absolute atomic E-state index is 0.240. The first-order valence-corrected chi connectivity index (χ1v) is 5.23. The van der Waals surface area contributed by atoms with Gasteiger partial charge in [-0.05, 0) is 13.0 Å². The van der Waals surface area contributed by atoms with Crippen molar-refractivity contribution in [3.05, 3.63) is 11.8 Å². The van der Waals surface area contributed by atoms with Crippen LogP contribution in [0.1, 0.15) is 5.69 Å². The van der Waals surface area contributed by atoms with E-state index in [0.717, 1.165) is 32.0 Å². The summed E-state index contributed by atoms with van der Waals surface area (Å²) in [6, 6.07) is 1.81. The van der Waals surface area contributed by atoms with Crippen molar-refractivity contribution >= 4 is 11.8 Å². The van der Waals surface area contributed by atoms with E-state index in [0.29, 0.717) is 5.69 Å². The lowest BCUT2D eigenvalue weighted by atomic mass is 10.3. The summed E-state index contributed by atoms with van der Waals surface area (Å²) in [6.07, 6.45) is 5.32. The maximum Gasteiger partial charge on any atom is 0.223 e. The third-order valence-electron chi connectivity index (χ3n) is 2.71. The Morgan fingerprint density at radius 3 is 2.62 bits per heavy atom. The molecule has 0 amide bonds. The summed E-state index contributed by atoms with van der Waals surface area (Å²) >= 11 is 0. The van der Waals surface area contributed by atoms with E-state index in [1.165, 1.54) is 0 Å². The number of terminal acetylenes is 1. The first kappa shape index (κ1) is 10.7. The van der Waals surface area contributed by atoms with Gasteiger partial charge in [0.2, 0.25) is 5.95 Å². The molecule has 0 unspecified atom stereocenters. The second-order valence-corrected chi connectivity index (χ2v) is 3.90. The van der Waals surface area contributed by atoms with Crippen molar-refractivity contribution in [1.82, 2.24) is 14.9 Å². The van der Waals surface area contributed by atoms with E-state index in [2.05, 4.69) is 32.7 Å². The SMILES string of the molecule is C#Cc1cc(N2CCN(C)CC2)nc(N)n1. The van der Waals surface area contributed by atoms with Crippen molar-refractivity contribution in [3.8, 4) is 12.3 Å². The Hall–Kier alpha value is -1.80. The van der Waals surface area contributed by atoms with E-state index >= 15 is 0 Å². The Morgan fingerprint density at radius 2 is 2.00 bits per heavy atom. The number of anilines is 2. The predicted octanol–water partition coefficient (Wildman–Crippen LogP) is -0.208. The fourth-order valence-corrected chi connectivity index (χ4v) is 1.72. The molecule has 2 heterocycles. The molecule has 16 heavy (non-hydrogen) atoms. The fraction of sp³-hybridized carbons (Fsp3) is 0.455. The van der Waals surface area contributed by atoms with Crippen LogP contribution in [0.15, 0.2) is 6.07 Å². The molecule has 1 fully saturated rings. The van der Waals surface area contributed by atoms with Gasteiger partial charge >= 0.3 is 0 Å². The molecule has 84 valence electrons. The van der Waals surface area contributed by atoms with Crippen LogP contribution in [0.4, 0.5) is 11.8 Å². The zero-order chi connectivity index (χ0) is 11.5. The summed E-state index contributed by atoms with van der Waals surface area (Å²) in [5.41, 5.74) is 6.16. The Labute approximate surface area is 95.3 Å². The molecular formula is C11H15N5. The van der Waals surface area contributed by atoms with Crippen LogP contribution in [0.2, 0.25) is 0 Å². The lowest BCUT2D eigenvalue weighted by molar-refractivity contribution is 0.312. The Balaban J connectivity index is 2.20. The molecule has 2 N–H and O–H groups in total. The number of nitrogen functional groups attached to an aromatic ring is 1. The van der Waals surface area contributed by atoms with Crippen LogP contribution in [0, 0.1) is 12.3 Å². The second-order valence-electron chi connectivity index (χ2n) is 3.90. The maximum atomic E-state index is 5.61. The van der Waals surface area contributed by atoms with Crippen molar-refractivity contribution in [2.24, 2.45) is 0 Å². The van der Waals surface area contributed by atoms with Gasteiger partial charge in [-0.1, -0.05) is 0 Å². The van der Waals surface area contributed by atoms with Gasteiger partial charge < -0.3 is 15.5 Å². The smallest absolute Gasteiger partial charge is 0.223 e. The van der Waals surface area contributed by atoms with Crippen LogP contribution in [0.5, 0.6) is 0 Å². The van der Waals surface area contributed by atoms with Crippen molar-refractivity contribution in [1.29, 1.82) is 0 Å². The predicted molar refractivity (Wildman–Crippen MR) is 64.1 cm³/mol. The van der Waals surface area contributed by atoms with Crippen molar-refractivity contribution in [2.75, 3.05) is 43.9 Å². The average Bonchev–Trinajstić information content (AvgIpc) is 2.29. The van der Waals surface area contributed by atoms with Crippen LogP contribution in [-0.4, -0.2) is 48.1 Å². The van der Waals surface area contributed by atoms with Gasteiger partial charge in [0.25, 0.3) is 0 Å². The van der Waals surface area contributed by atoms with E-state index in [-0.39, 0.29) is 5.95 Å². The van der Waals surface area contributed by atoms with Crippen LogP contribution in [0.3, 0.4) is 0 Å². The summed E-state index contributed by atoms with van der Waals surface area (Å²) < 4.78 is 0. The highest BCUT2D eigenvalue weighted by Gasteiger charge is 2.16. The zero-order valence-electron chi connectivity index (χ0n) is 9.35. The molecule has 0 spiro atoms. The highest BCUT2D eigenvalue weighted by molar-refractivity contribution is 5.47. The van der Waals surface area contributed by atoms with E-state index in [1.807, 2.05) is 6.07 Å². The molecule has 0 aromatic carbocycles. The first-order valence-electron chi connectivity index (χ1n) is 5.23. The molecular weight excluding hydrogens is 202 g/mol. The number of aromatic nitrogens is 2. The number of nitrogens with two attached hydrogens (primary N) is 1. The highest BCUT2D eigenvalue weighted by Crippen LogP contribution is 2.15. The third-order valence-corrected chi connectivity index (χ3v) is 2.71. The Kier molecular flexibility index (Phi) is 2.93. The maximum absolute atomic E-state index is 5.61. The molecule has 1 aliphatic heterocycles. The van der Waals surface area contributed by atoms with Gasteiger partial charge in [0.05, 0.1) is 0 Å². The molecule has 0 atom stereocenters. The van der Waals surface area contributed by atoms with Gasteiger partial charge in [0.1, 0.15) is 11.5 Å². The molecule has 1 aromatic heterocycles. The summed E-state index contributed by atoms with van der Waals surface area (Å²) in [7, 11) is 2.11. The van der Waals surface area contributed by atoms with Crippen LogP contribution < -0.4 is 10.6 Å². The highest BCUT2D eigenvalue weighted by atomic mass is 15.3. The molecule has 5 heteroatoms. The van der Waals surface area contributed by atoms with Crippen molar-refractivity contribution in [3.63, 3.8) is 0 Å². The number of rotatable bonds is 1. The van der Waals surface area contributed by atoms with E-state index in [9.17, 15) is 0 Å². The van der Waals surface area contributed by atoms with Gasteiger partial charge in [0, 0.05) is 32.2 Å². The van der Waals surface area contributed by atoms with Crippen molar-refractivity contribution < 1.29 is 0 Å². The van der Waals surface area contributed by atoms with E-state index in [1.54, 1.807) is 0 Å². The molecule has 1 aliphatic rings. The van der Waals surface area contributed by atoms with Gasteiger partial charge in [0.15, 0.2) is 0 Å². The number of hydrogen-bond acceptors (Lipinski definition) is 5. The quantitative estimate of drug-likeness (QED) is 0.660. The topological polar surface area (TPSA) is 58.3 Å². The van der Waals surface area contributed by atoms with Gasteiger partial charge in [-0.3, -0.25) is 0 Å². The fourth-order valence-electron chi connectivity index (χ4n) is 1.72. The molecule has 0 radical (unpaired) electrons. The van der Waals surface area contributed by atoms with Gasteiger partial charge in [-0.15, -0.1) is 6.42 Å². The minimum Gasteiger partial charge on any atom is -0.368 e. The van der Waals surface area contributed by atoms with Gasteiger partial charge in [-0.2, -0.15) is 4.98 Å². The molecule has 0 bridgehead atoms. The molecule has 2 rings (SSSR count). The number of likely N-dealkylation sites (N-methyl/N-ethyl adjacent to an activating group) is 1. The summed E-state index contributed by atoms with van der Waals surface area (Å²) in [5.74, 6) is 3.56. The number of piperazine rings is 1. The lowest BCUT2D eigenvalue weighted by Crippen LogP contribution is -2.44. The largest absolute Gasteiger partial charge is 0.368 e. The molecule has 5 nitrogen and oxygen atoms in total. The van der Waals surface area contributed by atoms with E-state index in [4.69, 9.17) is 12.2 Å². The molecule has 0 saturated carbocycles. The van der Waals surface area contributed by atoms with E-state index < -0.39 is 0 Å². The second kappa shape index (κ2) is 4.37. The summed E-state index contributed by atoms with van der Waals surface area (Å²) in [5, 5.41) is 0. The van der Waals surface area contributed by atoms with Crippen LogP contribution in [-0.2, 0) is 0 Å². The van der Waals surface area contributed by atoms with Gasteiger partial charge in [-0.25, -0.2) is 4.98 Å². The first-order chi connectivity index (χ1) is 7.69. The number of hydrogen-bond donors (Lipinski definition) is 1. The third kappa shape index (κ3) is 2.23. The summed E-state index contributed by atoms with van der Waals surface area (Å²) in [6.45, 7) is 3.93. The van der Waals surface area contributed by atoms with Crippen LogP contribution >= 0.6 is 0 Å². The summed E-state index contributed by atoms with van der Waals surface area (Å²) in [4.78, 5) is 12.6. The lowest BCUT2D eigenvalue weighted by Gasteiger charge is -2.33. The molecule has 1 aromatic rings. The number of nitrogens with zero attached hydrogens (tertiary/aromatic N) is 4. The van der Waals surface area contributed by atoms with Crippen LogP contribution in [0.25, 0.3) is 0 Å². The molecule has 0 aliphatic carbocycles. The van der Waals surface area contributed by atoms with Crippen molar-refractivity contribution in [2.45, 2.75) is 0 Å². The monoisotopic (exact) mass is 217 g/mol. The Morgan fingerprint density at radius 1 is 1.31 bits per heavy atom. The zero-order valence-corrected chi connectivity index (χ0v) is 9.35. The Bertz CT molecular complexity index is 415. The average molecular weight is 217 g/mol. The molecule has 1 saturated heterocycles.